The van der Waals surface area contributed by atoms with Crippen molar-refractivity contribution in [2.45, 2.75) is 67.3 Å². The van der Waals surface area contributed by atoms with Crippen LogP contribution in [-0.4, -0.2) is 28.1 Å². The lowest BCUT2D eigenvalue weighted by Crippen LogP contribution is -2.47. The number of hydrogen-bond donors (Lipinski definition) is 2. The number of carbonyl (C=O) groups excluding carboxylic acids is 2. The van der Waals surface area contributed by atoms with Crippen molar-refractivity contribution in [3.63, 3.8) is 0 Å². The van der Waals surface area contributed by atoms with Crippen LogP contribution in [0.4, 0.5) is 5.82 Å². The van der Waals surface area contributed by atoms with Crippen LogP contribution in [0.2, 0.25) is 0 Å². The lowest BCUT2D eigenvalue weighted by Gasteiger charge is -2.39. The van der Waals surface area contributed by atoms with E-state index in [1.807, 2.05) is 45.4 Å². The number of aryl methyl sites for hydroxylation is 2. The van der Waals surface area contributed by atoms with Crippen LogP contribution < -0.4 is 10.6 Å². The molecule has 2 N–H and O–H groups in total. The van der Waals surface area contributed by atoms with Gasteiger partial charge in [-0.05, 0) is 38.5 Å². The van der Waals surface area contributed by atoms with Gasteiger partial charge < -0.3 is 10.6 Å². The molecule has 0 spiro atoms. The fourth-order valence-corrected chi connectivity index (χ4v) is 3.95. The molecule has 1 heterocycles. The summed E-state index contributed by atoms with van der Waals surface area (Å²) < 4.78 is 1.85. The van der Waals surface area contributed by atoms with Gasteiger partial charge in [0.25, 0.3) is 0 Å². The maximum atomic E-state index is 13.2. The zero-order valence-electron chi connectivity index (χ0n) is 16.4. The molecule has 0 radical (unpaired) electrons. The number of nitrogens with one attached hydrogen (secondary N) is 2. The second-order valence-electron chi connectivity index (χ2n) is 7.89. The van der Waals surface area contributed by atoms with Crippen molar-refractivity contribution in [2.75, 3.05) is 11.9 Å². The molecule has 0 saturated heterocycles. The highest BCUT2D eigenvalue weighted by molar-refractivity contribution is 5.96. The number of aromatic nitrogens is 2. The van der Waals surface area contributed by atoms with Crippen LogP contribution in [-0.2, 0) is 16.1 Å². The summed E-state index contributed by atoms with van der Waals surface area (Å²) in [5, 5.41) is 10.4. The molecule has 6 heteroatoms. The normalized spacial score (nSPS) is 25.0. The van der Waals surface area contributed by atoms with E-state index >= 15 is 0 Å². The van der Waals surface area contributed by atoms with E-state index in [2.05, 4.69) is 22.7 Å². The number of hydrogen-bond acceptors (Lipinski definition) is 3. The molecule has 1 aliphatic carbocycles. The fraction of sp³-hybridized carbons (Fsp3) is 0.737. The Morgan fingerprint density at radius 2 is 2.00 bits per heavy atom. The monoisotopic (exact) mass is 348 g/mol. The van der Waals surface area contributed by atoms with E-state index in [-0.39, 0.29) is 17.7 Å². The number of rotatable bonds is 6. The van der Waals surface area contributed by atoms with Crippen LogP contribution in [0.3, 0.4) is 0 Å². The van der Waals surface area contributed by atoms with Gasteiger partial charge in [0.2, 0.25) is 11.8 Å². The van der Waals surface area contributed by atoms with Gasteiger partial charge >= 0.3 is 0 Å². The van der Waals surface area contributed by atoms with Crippen LogP contribution >= 0.6 is 0 Å². The molecule has 2 atom stereocenters. The third kappa shape index (κ3) is 3.44. The molecule has 140 valence electrons. The van der Waals surface area contributed by atoms with E-state index in [4.69, 9.17) is 0 Å². The van der Waals surface area contributed by atoms with Crippen molar-refractivity contribution in [2.24, 2.45) is 16.7 Å². The molecule has 1 saturated carbocycles. The van der Waals surface area contributed by atoms with Gasteiger partial charge in [-0.2, -0.15) is 5.10 Å². The van der Waals surface area contributed by atoms with Crippen molar-refractivity contribution in [3.05, 3.63) is 11.8 Å². The molecule has 25 heavy (non-hydrogen) atoms. The zero-order valence-corrected chi connectivity index (χ0v) is 16.4. The Bertz CT molecular complexity index is 650. The molecule has 0 unspecified atom stereocenters. The highest BCUT2D eigenvalue weighted by atomic mass is 16.2. The fourth-order valence-electron chi connectivity index (χ4n) is 3.95. The van der Waals surface area contributed by atoms with Gasteiger partial charge in [-0.15, -0.1) is 0 Å². The quantitative estimate of drug-likeness (QED) is 0.829. The molecular weight excluding hydrogens is 316 g/mol. The van der Waals surface area contributed by atoms with Gasteiger partial charge in [-0.25, -0.2) is 4.68 Å². The Labute approximate surface area is 150 Å². The minimum absolute atomic E-state index is 0.0263. The van der Waals surface area contributed by atoms with Gasteiger partial charge in [0.15, 0.2) is 0 Å². The average Bonchev–Trinajstić information content (AvgIpc) is 2.98. The van der Waals surface area contributed by atoms with Crippen LogP contribution in [0, 0.1) is 23.7 Å². The van der Waals surface area contributed by atoms with Crippen molar-refractivity contribution in [1.82, 2.24) is 15.1 Å². The second kappa shape index (κ2) is 7.18. The number of amides is 2. The Morgan fingerprint density at radius 3 is 2.60 bits per heavy atom. The molecule has 0 aromatic carbocycles. The van der Waals surface area contributed by atoms with Gasteiger partial charge in [-0.1, -0.05) is 27.7 Å². The predicted molar refractivity (Wildman–Crippen MR) is 99.2 cm³/mol. The molecule has 6 nitrogen and oxygen atoms in total. The Morgan fingerprint density at radius 1 is 1.32 bits per heavy atom. The lowest BCUT2D eigenvalue weighted by atomic mass is 9.65. The van der Waals surface area contributed by atoms with Crippen molar-refractivity contribution in [3.8, 4) is 0 Å². The summed E-state index contributed by atoms with van der Waals surface area (Å²) in [7, 11) is 0. The molecule has 1 aliphatic rings. The first kappa shape index (κ1) is 19.5. The summed E-state index contributed by atoms with van der Waals surface area (Å²) in [5.74, 6) is 0.616. The third-order valence-corrected chi connectivity index (χ3v) is 5.97. The van der Waals surface area contributed by atoms with E-state index in [1.165, 1.54) is 0 Å². The summed E-state index contributed by atoms with van der Waals surface area (Å²) >= 11 is 0. The van der Waals surface area contributed by atoms with E-state index in [0.717, 1.165) is 30.9 Å². The molecule has 1 aromatic heterocycles. The molecular formula is C19H32N4O2. The minimum Gasteiger partial charge on any atom is -0.356 e. The van der Waals surface area contributed by atoms with Crippen molar-refractivity contribution in [1.29, 1.82) is 0 Å². The smallest absolute Gasteiger partial charge is 0.232 e. The van der Waals surface area contributed by atoms with E-state index in [0.29, 0.717) is 13.0 Å². The molecule has 0 aliphatic heterocycles. The topological polar surface area (TPSA) is 76.0 Å². The SMILES string of the molecule is CCCn1nc(C)cc1NC(=O)[C@]1(C)CC[C@H](C(=O)NCC)C1(C)C. The van der Waals surface area contributed by atoms with Crippen LogP contribution in [0.1, 0.15) is 59.6 Å². The lowest BCUT2D eigenvalue weighted by molar-refractivity contribution is -0.135. The van der Waals surface area contributed by atoms with Gasteiger partial charge in [0, 0.05) is 25.1 Å². The summed E-state index contributed by atoms with van der Waals surface area (Å²) in [6, 6.07) is 1.90. The zero-order chi connectivity index (χ0) is 18.8. The maximum absolute atomic E-state index is 13.2. The number of nitrogens with zero attached hydrogens (tertiary/aromatic N) is 2. The van der Waals surface area contributed by atoms with Gasteiger partial charge in [0.1, 0.15) is 5.82 Å². The predicted octanol–water partition coefficient (Wildman–Crippen LogP) is 3.12. The minimum atomic E-state index is -0.599. The van der Waals surface area contributed by atoms with Crippen LogP contribution in [0.5, 0.6) is 0 Å². The molecule has 1 fully saturated rings. The summed E-state index contributed by atoms with van der Waals surface area (Å²) in [5.41, 5.74) is -0.126. The van der Waals surface area contributed by atoms with E-state index in [9.17, 15) is 9.59 Å². The highest BCUT2D eigenvalue weighted by Gasteiger charge is 2.57. The Kier molecular flexibility index (Phi) is 5.59. The van der Waals surface area contributed by atoms with E-state index < -0.39 is 10.8 Å². The van der Waals surface area contributed by atoms with Crippen molar-refractivity contribution >= 4 is 17.6 Å². The second-order valence-corrected chi connectivity index (χ2v) is 7.89. The first-order valence-corrected chi connectivity index (χ1v) is 9.31. The average molecular weight is 348 g/mol. The number of carbonyl (C=O) groups is 2. The molecule has 0 bridgehead atoms. The maximum Gasteiger partial charge on any atom is 0.232 e. The highest BCUT2D eigenvalue weighted by Crippen LogP contribution is 2.56. The van der Waals surface area contributed by atoms with Crippen LogP contribution in [0.25, 0.3) is 0 Å². The number of anilines is 1. The standard InChI is InChI=1S/C19H32N4O2/c1-7-11-23-15(12-13(3)22-23)21-17(25)19(6)10-9-14(18(19,4)5)16(24)20-8-2/h12,14H,7-11H2,1-6H3,(H,20,24)(H,21,25)/t14-,19+/m1/s1. The summed E-state index contributed by atoms with van der Waals surface area (Å²) in [6.45, 7) is 13.4. The van der Waals surface area contributed by atoms with E-state index in [1.54, 1.807) is 0 Å². The van der Waals surface area contributed by atoms with Gasteiger partial charge in [-0.3, -0.25) is 9.59 Å². The summed E-state index contributed by atoms with van der Waals surface area (Å²) in [6.07, 6.45) is 2.39. The molecule has 2 amide bonds. The Balaban J connectivity index is 2.22. The van der Waals surface area contributed by atoms with Gasteiger partial charge in [0.05, 0.1) is 11.1 Å². The first-order chi connectivity index (χ1) is 11.7. The largest absolute Gasteiger partial charge is 0.356 e. The Hall–Kier alpha value is -1.85. The first-order valence-electron chi connectivity index (χ1n) is 9.31. The molecule has 1 aromatic rings. The summed E-state index contributed by atoms with van der Waals surface area (Å²) in [4.78, 5) is 25.6. The molecule has 2 rings (SSSR count). The van der Waals surface area contributed by atoms with Crippen LogP contribution in [0.15, 0.2) is 6.07 Å². The van der Waals surface area contributed by atoms with Crippen molar-refractivity contribution < 1.29 is 9.59 Å². The third-order valence-electron chi connectivity index (χ3n) is 5.97.